The number of ether oxygens (including phenoxy) is 3. The van der Waals surface area contributed by atoms with Crippen LogP contribution in [0.15, 0.2) is 29.5 Å². The van der Waals surface area contributed by atoms with Gasteiger partial charge in [0.05, 0.1) is 18.7 Å². The lowest BCUT2D eigenvalue weighted by Gasteiger charge is -2.30. The Bertz CT molecular complexity index is 672. The second kappa shape index (κ2) is 5.84. The van der Waals surface area contributed by atoms with E-state index >= 15 is 0 Å². The third kappa shape index (κ3) is 2.59. The molecule has 0 bridgehead atoms. The van der Waals surface area contributed by atoms with Crippen LogP contribution in [-0.4, -0.2) is 31.4 Å². The molecule has 0 fully saturated rings. The summed E-state index contributed by atoms with van der Waals surface area (Å²) in [5, 5.41) is 6.51. The number of methoxy groups -OCH3 is 1. The van der Waals surface area contributed by atoms with Crippen LogP contribution >= 0.6 is 12.2 Å². The fourth-order valence-corrected chi connectivity index (χ4v) is 2.83. The summed E-state index contributed by atoms with van der Waals surface area (Å²) in [5.74, 6) is 0.962. The normalized spacial score (nSPS) is 20.1. The van der Waals surface area contributed by atoms with Gasteiger partial charge in [0.25, 0.3) is 0 Å². The molecule has 3 rings (SSSR count). The predicted molar refractivity (Wildman–Crippen MR) is 83.8 cm³/mol. The van der Waals surface area contributed by atoms with Crippen molar-refractivity contribution in [3.63, 3.8) is 0 Å². The quantitative estimate of drug-likeness (QED) is 0.631. The zero-order chi connectivity index (χ0) is 15.7. The molecule has 1 atom stereocenters. The van der Waals surface area contributed by atoms with E-state index in [4.69, 9.17) is 26.4 Å². The molecule has 7 heteroatoms. The molecule has 2 aliphatic rings. The summed E-state index contributed by atoms with van der Waals surface area (Å²) in [4.78, 5) is 12.1. The van der Waals surface area contributed by atoms with Gasteiger partial charge >= 0.3 is 5.97 Å². The number of esters is 1. The molecule has 0 aromatic heterocycles. The second-order valence-electron chi connectivity index (χ2n) is 4.96. The molecule has 1 unspecified atom stereocenters. The van der Waals surface area contributed by atoms with Crippen LogP contribution in [0.4, 0.5) is 0 Å². The zero-order valence-electron chi connectivity index (χ0n) is 12.3. The highest BCUT2D eigenvalue weighted by Gasteiger charge is 2.31. The lowest BCUT2D eigenvalue weighted by atomic mass is 9.95. The number of allylic oxidation sites excluding steroid dienone is 1. The van der Waals surface area contributed by atoms with E-state index in [0.717, 1.165) is 5.56 Å². The lowest BCUT2D eigenvalue weighted by molar-refractivity contribution is -0.136. The predicted octanol–water partition coefficient (Wildman–Crippen LogP) is 1.42. The van der Waals surface area contributed by atoms with E-state index in [1.807, 2.05) is 18.2 Å². The molecular formula is C15H16N2O4S. The standard InChI is InChI=1S/C15H16N2O4S/c1-8-12(14(18)19-2)13(17-15(22)16-8)9-3-4-10-11(7-9)21-6-5-20-10/h3-4,7,13H,5-6H2,1-2H3,(H2,16,17,22). The molecule has 1 aromatic rings. The highest BCUT2D eigenvalue weighted by atomic mass is 32.1. The monoisotopic (exact) mass is 320 g/mol. The van der Waals surface area contributed by atoms with Crippen molar-refractivity contribution in [2.24, 2.45) is 0 Å². The van der Waals surface area contributed by atoms with Crippen molar-refractivity contribution in [3.05, 3.63) is 35.0 Å². The number of hydrogen-bond donors (Lipinski definition) is 2. The first-order chi connectivity index (χ1) is 10.6. The third-order valence-electron chi connectivity index (χ3n) is 3.57. The first kappa shape index (κ1) is 14.6. The Morgan fingerprint density at radius 1 is 1.32 bits per heavy atom. The molecule has 0 radical (unpaired) electrons. The van der Waals surface area contributed by atoms with Crippen molar-refractivity contribution in [2.45, 2.75) is 13.0 Å². The van der Waals surface area contributed by atoms with Gasteiger partial charge in [-0.2, -0.15) is 0 Å². The molecule has 2 heterocycles. The van der Waals surface area contributed by atoms with Gasteiger partial charge in [-0.3, -0.25) is 0 Å². The molecular weight excluding hydrogens is 304 g/mol. The average molecular weight is 320 g/mol. The van der Waals surface area contributed by atoms with Crippen molar-refractivity contribution >= 4 is 23.3 Å². The topological polar surface area (TPSA) is 68.8 Å². The van der Waals surface area contributed by atoms with Crippen LogP contribution in [0.2, 0.25) is 0 Å². The molecule has 0 aliphatic carbocycles. The molecule has 116 valence electrons. The van der Waals surface area contributed by atoms with Gasteiger partial charge in [-0.25, -0.2) is 4.79 Å². The Balaban J connectivity index is 2.02. The van der Waals surface area contributed by atoms with Gasteiger partial charge in [0.1, 0.15) is 13.2 Å². The van der Waals surface area contributed by atoms with Crippen molar-refractivity contribution in [1.29, 1.82) is 0 Å². The maximum absolute atomic E-state index is 12.1. The highest BCUT2D eigenvalue weighted by molar-refractivity contribution is 7.80. The van der Waals surface area contributed by atoms with E-state index in [1.165, 1.54) is 7.11 Å². The molecule has 0 amide bonds. The summed E-state index contributed by atoms with van der Waals surface area (Å²) in [5.41, 5.74) is 2.02. The summed E-state index contributed by atoms with van der Waals surface area (Å²) >= 11 is 5.19. The minimum Gasteiger partial charge on any atom is -0.486 e. The summed E-state index contributed by atoms with van der Waals surface area (Å²) in [6.45, 7) is 2.84. The molecule has 6 nitrogen and oxygen atoms in total. The van der Waals surface area contributed by atoms with Crippen molar-refractivity contribution < 1.29 is 19.0 Å². The smallest absolute Gasteiger partial charge is 0.337 e. The van der Waals surface area contributed by atoms with Gasteiger partial charge in [0.2, 0.25) is 0 Å². The molecule has 22 heavy (non-hydrogen) atoms. The van der Waals surface area contributed by atoms with E-state index in [0.29, 0.717) is 41.1 Å². The zero-order valence-corrected chi connectivity index (χ0v) is 13.1. The van der Waals surface area contributed by atoms with Crippen LogP contribution in [0.5, 0.6) is 11.5 Å². The van der Waals surface area contributed by atoms with Crippen molar-refractivity contribution in [3.8, 4) is 11.5 Å². The minimum absolute atomic E-state index is 0.392. The molecule has 1 aromatic carbocycles. The SMILES string of the molecule is COC(=O)C1=C(C)NC(=S)NC1c1ccc2c(c1)OCCO2. The van der Waals surface area contributed by atoms with Crippen molar-refractivity contribution in [2.75, 3.05) is 20.3 Å². The summed E-state index contributed by atoms with van der Waals surface area (Å²) < 4.78 is 16.0. The van der Waals surface area contributed by atoms with E-state index in [9.17, 15) is 4.79 Å². The van der Waals surface area contributed by atoms with Crippen LogP contribution in [0.25, 0.3) is 0 Å². The summed E-state index contributed by atoms with van der Waals surface area (Å²) in [7, 11) is 1.36. The van der Waals surface area contributed by atoms with Gasteiger partial charge < -0.3 is 24.8 Å². The molecule has 2 N–H and O–H groups in total. The van der Waals surface area contributed by atoms with Gasteiger partial charge in [0, 0.05) is 5.70 Å². The Kier molecular flexibility index (Phi) is 3.89. The fraction of sp³-hybridized carbons (Fsp3) is 0.333. The van der Waals surface area contributed by atoms with E-state index < -0.39 is 12.0 Å². The van der Waals surface area contributed by atoms with Crippen LogP contribution in [0.1, 0.15) is 18.5 Å². The molecule has 0 saturated heterocycles. The Labute approximate surface area is 133 Å². The van der Waals surface area contributed by atoms with Crippen LogP contribution in [-0.2, 0) is 9.53 Å². The Morgan fingerprint density at radius 2 is 2.05 bits per heavy atom. The number of carbonyl (C=O) groups is 1. The largest absolute Gasteiger partial charge is 0.486 e. The number of hydrogen-bond acceptors (Lipinski definition) is 5. The maximum Gasteiger partial charge on any atom is 0.337 e. The number of fused-ring (bicyclic) bond motifs is 1. The van der Waals surface area contributed by atoms with Gasteiger partial charge in [-0.1, -0.05) is 6.07 Å². The lowest BCUT2D eigenvalue weighted by Crippen LogP contribution is -2.45. The van der Waals surface area contributed by atoms with Crippen LogP contribution in [0, 0.1) is 0 Å². The van der Waals surface area contributed by atoms with E-state index in [-0.39, 0.29) is 0 Å². The first-order valence-corrected chi connectivity index (χ1v) is 7.27. The third-order valence-corrected chi connectivity index (χ3v) is 3.79. The van der Waals surface area contributed by atoms with Crippen molar-refractivity contribution in [1.82, 2.24) is 10.6 Å². The number of carbonyl (C=O) groups excluding carboxylic acids is 1. The number of benzene rings is 1. The second-order valence-corrected chi connectivity index (χ2v) is 5.37. The van der Waals surface area contributed by atoms with Gasteiger partial charge in [-0.15, -0.1) is 0 Å². The molecule has 0 saturated carbocycles. The minimum atomic E-state index is -0.403. The molecule has 2 aliphatic heterocycles. The first-order valence-electron chi connectivity index (χ1n) is 6.86. The van der Waals surface area contributed by atoms with Crippen LogP contribution < -0.4 is 20.1 Å². The number of thiocarbonyl (C=S) groups is 1. The fourth-order valence-electron chi connectivity index (χ4n) is 2.56. The molecule has 0 spiro atoms. The number of nitrogens with one attached hydrogen (secondary N) is 2. The Hall–Kier alpha value is -2.28. The van der Waals surface area contributed by atoms with E-state index in [2.05, 4.69) is 10.6 Å². The summed E-state index contributed by atoms with van der Waals surface area (Å²) in [6, 6.07) is 5.18. The number of rotatable bonds is 2. The van der Waals surface area contributed by atoms with E-state index in [1.54, 1.807) is 6.92 Å². The highest BCUT2D eigenvalue weighted by Crippen LogP contribution is 2.35. The maximum atomic E-state index is 12.1. The summed E-state index contributed by atoms with van der Waals surface area (Å²) in [6.07, 6.45) is 0. The van der Waals surface area contributed by atoms with Gasteiger partial charge in [0.15, 0.2) is 16.6 Å². The Morgan fingerprint density at radius 3 is 2.77 bits per heavy atom. The van der Waals surface area contributed by atoms with Crippen LogP contribution in [0.3, 0.4) is 0 Å². The average Bonchev–Trinajstić information content (AvgIpc) is 2.53. The van der Waals surface area contributed by atoms with Gasteiger partial charge in [-0.05, 0) is 36.8 Å².